The molecule has 9 heteroatoms. The third kappa shape index (κ3) is 5.17. The summed E-state index contributed by atoms with van der Waals surface area (Å²) in [7, 11) is 0. The first-order chi connectivity index (χ1) is 26.0. The van der Waals surface area contributed by atoms with Crippen molar-refractivity contribution in [1.29, 1.82) is 0 Å². The molecule has 2 aromatic rings. The molecule has 0 aromatic heterocycles. The maximum atomic E-state index is 13.9. The van der Waals surface area contributed by atoms with Crippen LogP contribution in [0.3, 0.4) is 0 Å². The summed E-state index contributed by atoms with van der Waals surface area (Å²) >= 11 is 1.36. The van der Waals surface area contributed by atoms with Crippen molar-refractivity contribution in [1.82, 2.24) is 0 Å². The van der Waals surface area contributed by atoms with E-state index >= 15 is 0 Å². The van der Waals surface area contributed by atoms with E-state index < -0.39 is 28.9 Å². The first-order valence-corrected chi connectivity index (χ1v) is 20.8. The summed E-state index contributed by atoms with van der Waals surface area (Å²) in [6.07, 6.45) is 18.8. The zero-order valence-corrected chi connectivity index (χ0v) is 37.8. The molecule has 0 radical (unpaired) electrons. The van der Waals surface area contributed by atoms with Crippen molar-refractivity contribution < 1.29 is 75.9 Å². The van der Waals surface area contributed by atoms with Gasteiger partial charge in [0, 0.05) is 0 Å². The van der Waals surface area contributed by atoms with Crippen molar-refractivity contribution in [2.24, 2.45) is 37.9 Å². The molecule has 8 unspecified atom stereocenters. The summed E-state index contributed by atoms with van der Waals surface area (Å²) in [5.41, 5.74) is 3.04. The van der Waals surface area contributed by atoms with Gasteiger partial charge >= 0.3 is 344 Å². The minimum atomic E-state index is -4.54. The zero-order valence-electron chi connectivity index (χ0n) is 33.9. The number of benzene rings is 2. The van der Waals surface area contributed by atoms with E-state index in [1.54, 1.807) is 0 Å². The molecule has 0 N–H and O–H groups in total. The van der Waals surface area contributed by atoms with Crippen LogP contribution in [0.4, 0.5) is 26.3 Å². The van der Waals surface area contributed by atoms with Gasteiger partial charge < -0.3 is 24.8 Å². The average Bonchev–Trinajstić information content (AvgIpc) is 3.72. The molecule has 303 valence electrons. The third-order valence-corrected chi connectivity index (χ3v) is 19.0. The second kappa shape index (κ2) is 13.8. The van der Waals surface area contributed by atoms with E-state index in [0.29, 0.717) is 23.1 Å². The van der Waals surface area contributed by atoms with Gasteiger partial charge in [0.05, 0.1) is 0 Å². The molecule has 2 saturated carbocycles. The van der Waals surface area contributed by atoms with Gasteiger partial charge in [-0.05, 0) is 0 Å². The van der Waals surface area contributed by atoms with E-state index in [9.17, 15) is 26.3 Å². The second-order valence-electron chi connectivity index (χ2n) is 18.0. The van der Waals surface area contributed by atoms with Crippen LogP contribution < -0.4 is 24.8 Å². The van der Waals surface area contributed by atoms with E-state index in [2.05, 4.69) is 122 Å². The average molecular weight is 912 g/mol. The van der Waals surface area contributed by atoms with Crippen LogP contribution in [-0.4, -0.2) is 0 Å². The molecule has 0 heterocycles. The molecule has 8 atom stereocenters. The van der Waals surface area contributed by atoms with E-state index in [4.69, 9.17) is 0 Å². The van der Waals surface area contributed by atoms with Crippen LogP contribution in [0, 0.1) is 37.9 Å². The maximum absolute atomic E-state index is 13.9. The fourth-order valence-electron chi connectivity index (χ4n) is 13.0. The van der Waals surface area contributed by atoms with E-state index in [-0.39, 0.29) is 60.9 Å². The van der Waals surface area contributed by atoms with Crippen LogP contribution in [0.5, 0.6) is 0 Å². The minimum absolute atomic E-state index is 0. The van der Waals surface area contributed by atoms with Gasteiger partial charge in [0.25, 0.3) is 0 Å². The second-order valence-corrected chi connectivity index (χ2v) is 19.4. The molecule has 2 aromatic carbocycles. The quantitative estimate of drug-likeness (QED) is 0.272. The molecule has 0 aliphatic heterocycles. The van der Waals surface area contributed by atoms with E-state index in [1.165, 1.54) is 60.1 Å². The van der Waals surface area contributed by atoms with Crippen molar-refractivity contribution in [2.75, 3.05) is 0 Å². The molecule has 0 nitrogen and oxygen atoms in total. The van der Waals surface area contributed by atoms with Gasteiger partial charge in [0.2, 0.25) is 0 Å². The number of hydrogen-bond acceptors (Lipinski definition) is 0. The van der Waals surface area contributed by atoms with Crippen LogP contribution in [0.15, 0.2) is 149 Å². The molecule has 0 amide bonds. The fraction of sp³-hybridized carbons (Fsp3) is 0.388. The third-order valence-electron chi connectivity index (χ3n) is 16.9. The predicted molar refractivity (Wildman–Crippen MR) is 209 cm³/mol. The molecule has 6 aliphatic carbocycles. The van der Waals surface area contributed by atoms with Crippen molar-refractivity contribution in [3.05, 3.63) is 172 Å². The summed E-state index contributed by atoms with van der Waals surface area (Å²) in [6.45, 7) is 19.5. The smallest absolute Gasteiger partial charge is 1.00 e. The molecule has 8 rings (SSSR count). The van der Waals surface area contributed by atoms with Crippen LogP contribution in [0.25, 0.3) is 5.57 Å². The molecule has 0 bridgehead atoms. The standard InChI is InChI=1S/C49H47F6.2ClH.Zr/c1-31-39(32-15-9-10-16-32)38(40(33-17-21-35(22-18-33)48(50,51)52)34-19-23-36(24-20-34)49(53,54)55)29-37-30-45(6)43(4)27-12-11-25-41(43,2)42(3)26-13-14-28-44(42,5)47(45,8)46(31,37)7;;;/h9-15,17-30H,16H2,1-8H3;2*1H;/q;;;+2/p-2. The van der Waals surface area contributed by atoms with Gasteiger partial charge in [0.15, 0.2) is 0 Å². The number of allylic oxidation sites excluding steroid dienone is 17. The molecule has 58 heavy (non-hydrogen) atoms. The van der Waals surface area contributed by atoms with Gasteiger partial charge in [-0.15, -0.1) is 0 Å². The van der Waals surface area contributed by atoms with Crippen molar-refractivity contribution in [3.8, 4) is 0 Å². The Bertz CT molecular complexity index is 2280. The summed E-state index contributed by atoms with van der Waals surface area (Å²) in [5, 5.41) is 0. The summed E-state index contributed by atoms with van der Waals surface area (Å²) in [6, 6.07) is 10.1. The Morgan fingerprint density at radius 2 is 1.05 bits per heavy atom. The number of fused-ring (bicyclic) bond motifs is 8. The summed E-state index contributed by atoms with van der Waals surface area (Å²) in [5.74, 6) is 0. The van der Waals surface area contributed by atoms with Gasteiger partial charge in [-0.1, -0.05) is 0 Å². The van der Waals surface area contributed by atoms with E-state index in [1.807, 2.05) is 6.08 Å². The number of rotatable bonds is 3. The van der Waals surface area contributed by atoms with Gasteiger partial charge in [-0.3, -0.25) is 0 Å². The first-order valence-electron chi connectivity index (χ1n) is 19.3. The topological polar surface area (TPSA) is 0 Å². The van der Waals surface area contributed by atoms with Gasteiger partial charge in [-0.25, -0.2) is 0 Å². The zero-order chi connectivity index (χ0) is 40.7. The molecule has 6 aliphatic rings. The first kappa shape index (κ1) is 44.7. The Morgan fingerprint density at radius 1 is 0.621 bits per heavy atom. The monoisotopic (exact) mass is 909 g/mol. The normalized spacial score (nSPS) is 37.0. The largest absolute Gasteiger partial charge is 1.00 e. The Morgan fingerprint density at radius 3 is 1.48 bits per heavy atom. The van der Waals surface area contributed by atoms with Crippen LogP contribution >= 0.6 is 0 Å². The SMILES string of the molecule is CC1=C(C2=CC=CC2)C(=C(c2ccc(C(F)(F)F)cc2)c2ccc(C(F)(F)F)cc2)C=C2[CH]([Zr+2])C3(C)C4(C)C=CC=CC4(C)C4(C)C=CC=CC4(C)C3(C)C21C.[Cl-].[Cl-]. The van der Waals surface area contributed by atoms with Crippen LogP contribution in [0.2, 0.25) is 3.63 Å². The summed E-state index contributed by atoms with van der Waals surface area (Å²) < 4.78 is 83.6. The summed E-state index contributed by atoms with van der Waals surface area (Å²) in [4.78, 5) is 0. The molecular formula is C49H47Cl2F6Zr. The van der Waals surface area contributed by atoms with Crippen molar-refractivity contribution in [2.45, 2.75) is 77.8 Å². The Balaban J connectivity index is 0.00000283. The van der Waals surface area contributed by atoms with Crippen LogP contribution in [-0.2, 0) is 37.1 Å². The molecule has 2 fully saturated rings. The number of alkyl halides is 6. The van der Waals surface area contributed by atoms with Crippen molar-refractivity contribution in [3.63, 3.8) is 0 Å². The Kier molecular flexibility index (Phi) is 10.7. The maximum Gasteiger partial charge on any atom is -1.00 e. The number of hydrogen-bond donors (Lipinski definition) is 0. The van der Waals surface area contributed by atoms with Gasteiger partial charge in [0.1, 0.15) is 0 Å². The molecular weight excluding hydrogens is 865 g/mol. The fourth-order valence-corrected chi connectivity index (χ4v) is 15.3. The molecule has 0 saturated heterocycles. The Hall–Kier alpha value is -2.86. The predicted octanol–water partition coefficient (Wildman–Crippen LogP) is 8.34. The Labute approximate surface area is 366 Å². The van der Waals surface area contributed by atoms with Gasteiger partial charge in [-0.2, -0.15) is 0 Å². The van der Waals surface area contributed by atoms with Crippen molar-refractivity contribution >= 4 is 5.57 Å². The van der Waals surface area contributed by atoms with Crippen LogP contribution in [0.1, 0.15) is 84.1 Å². The van der Waals surface area contributed by atoms with E-state index in [0.717, 1.165) is 41.0 Å². The minimum Gasteiger partial charge on any atom is -1.00 e. The number of halogens is 8. The molecule has 0 spiro atoms.